The summed E-state index contributed by atoms with van der Waals surface area (Å²) >= 11 is 0. The predicted octanol–water partition coefficient (Wildman–Crippen LogP) is 3.01. The molecular weight excluding hydrogens is 403 g/mol. The average molecular weight is 421 g/mol. The largest absolute Gasteiger partial charge is 0.416 e. The van der Waals surface area contributed by atoms with Gasteiger partial charge in [-0.3, -0.25) is 9.69 Å². The summed E-state index contributed by atoms with van der Waals surface area (Å²) in [6.07, 6.45) is -4.44. The van der Waals surface area contributed by atoms with Crippen molar-refractivity contribution in [2.45, 2.75) is 19.6 Å². The third-order valence-corrected chi connectivity index (χ3v) is 4.78. The Balaban J connectivity index is 1.36. The number of aryl methyl sites for hydroxylation is 1. The molecule has 0 radical (unpaired) electrons. The Morgan fingerprint density at radius 2 is 1.87 bits per heavy atom. The van der Waals surface area contributed by atoms with Crippen LogP contribution >= 0.6 is 0 Å². The van der Waals surface area contributed by atoms with Crippen LogP contribution in [-0.2, 0) is 12.7 Å². The van der Waals surface area contributed by atoms with E-state index in [1.807, 2.05) is 4.90 Å². The number of carbonyl (C=O) groups is 1. The zero-order chi connectivity index (χ0) is 21.3. The zero-order valence-corrected chi connectivity index (χ0v) is 16.0. The molecule has 1 aromatic carbocycles. The second-order valence-electron chi connectivity index (χ2n) is 6.98. The monoisotopic (exact) mass is 421 g/mol. The molecule has 158 valence electrons. The van der Waals surface area contributed by atoms with E-state index in [1.165, 1.54) is 12.1 Å². The van der Waals surface area contributed by atoms with Crippen molar-refractivity contribution in [1.82, 2.24) is 25.1 Å². The van der Waals surface area contributed by atoms with E-state index < -0.39 is 11.7 Å². The fourth-order valence-electron chi connectivity index (χ4n) is 3.20. The molecule has 0 spiro atoms. The van der Waals surface area contributed by atoms with Crippen molar-refractivity contribution >= 4 is 5.91 Å². The molecule has 1 fully saturated rings. The second kappa shape index (κ2) is 7.90. The number of halogens is 3. The molecule has 4 rings (SSSR count). The highest BCUT2D eigenvalue weighted by Crippen LogP contribution is 2.31. The number of benzene rings is 1. The molecule has 1 amide bonds. The van der Waals surface area contributed by atoms with Crippen LogP contribution < -0.4 is 0 Å². The van der Waals surface area contributed by atoms with Gasteiger partial charge in [0.2, 0.25) is 11.7 Å². The summed E-state index contributed by atoms with van der Waals surface area (Å²) in [4.78, 5) is 20.3. The van der Waals surface area contributed by atoms with E-state index >= 15 is 0 Å². The molecule has 0 aliphatic carbocycles. The van der Waals surface area contributed by atoms with Gasteiger partial charge < -0.3 is 13.9 Å². The first-order chi connectivity index (χ1) is 14.3. The van der Waals surface area contributed by atoms with Gasteiger partial charge in [0.05, 0.1) is 12.1 Å². The number of rotatable bonds is 4. The predicted molar refractivity (Wildman–Crippen MR) is 97.2 cm³/mol. The SMILES string of the molecule is Cc1cc(C(=O)N2CCN(Cc3nc(-c4cccc(C(F)(F)F)c4)no3)CC2)no1. The minimum absolute atomic E-state index is 0.103. The summed E-state index contributed by atoms with van der Waals surface area (Å²) in [5, 5.41) is 7.54. The molecule has 30 heavy (non-hydrogen) atoms. The summed E-state index contributed by atoms with van der Waals surface area (Å²) in [6, 6.07) is 6.39. The first kappa shape index (κ1) is 20.1. The van der Waals surface area contributed by atoms with Crippen molar-refractivity contribution in [3.63, 3.8) is 0 Å². The number of amides is 1. The van der Waals surface area contributed by atoms with Crippen LogP contribution in [0.4, 0.5) is 13.2 Å². The Labute approximate surface area is 169 Å². The standard InChI is InChI=1S/C19H18F3N5O3/c1-12-9-15(24-29-12)18(28)27-7-5-26(6-8-27)11-16-23-17(25-30-16)13-3-2-4-14(10-13)19(20,21)22/h2-4,9-10H,5-8,11H2,1H3. The van der Waals surface area contributed by atoms with E-state index in [-0.39, 0.29) is 23.0 Å². The van der Waals surface area contributed by atoms with Crippen LogP contribution in [0.25, 0.3) is 11.4 Å². The van der Waals surface area contributed by atoms with E-state index in [0.717, 1.165) is 12.1 Å². The lowest BCUT2D eigenvalue weighted by atomic mass is 10.1. The normalized spacial score (nSPS) is 15.5. The fraction of sp³-hybridized carbons (Fsp3) is 0.368. The molecule has 0 bridgehead atoms. The number of carbonyl (C=O) groups excluding carboxylic acids is 1. The number of hydrogen-bond acceptors (Lipinski definition) is 7. The molecule has 0 atom stereocenters. The van der Waals surface area contributed by atoms with Crippen LogP contribution in [-0.4, -0.2) is 57.2 Å². The highest BCUT2D eigenvalue weighted by Gasteiger charge is 2.31. The molecule has 3 aromatic rings. The van der Waals surface area contributed by atoms with Crippen molar-refractivity contribution in [2.24, 2.45) is 0 Å². The molecule has 1 aliphatic rings. The Bertz CT molecular complexity index is 1040. The molecule has 8 nitrogen and oxygen atoms in total. The van der Waals surface area contributed by atoms with Gasteiger partial charge in [0, 0.05) is 37.8 Å². The number of alkyl halides is 3. The first-order valence-corrected chi connectivity index (χ1v) is 9.25. The summed E-state index contributed by atoms with van der Waals surface area (Å²) in [5.74, 6) is 0.793. The van der Waals surface area contributed by atoms with Gasteiger partial charge in [-0.25, -0.2) is 0 Å². The van der Waals surface area contributed by atoms with Crippen LogP contribution in [0.15, 0.2) is 39.4 Å². The highest BCUT2D eigenvalue weighted by atomic mass is 19.4. The third kappa shape index (κ3) is 4.35. The van der Waals surface area contributed by atoms with Gasteiger partial charge in [0.1, 0.15) is 5.76 Å². The number of aromatic nitrogens is 3. The molecule has 11 heteroatoms. The van der Waals surface area contributed by atoms with E-state index in [2.05, 4.69) is 15.3 Å². The Morgan fingerprint density at radius 1 is 1.10 bits per heavy atom. The Morgan fingerprint density at radius 3 is 2.53 bits per heavy atom. The Hall–Kier alpha value is -3.21. The maximum Gasteiger partial charge on any atom is 0.416 e. The van der Waals surface area contributed by atoms with Gasteiger partial charge >= 0.3 is 6.18 Å². The van der Waals surface area contributed by atoms with E-state index in [9.17, 15) is 18.0 Å². The van der Waals surface area contributed by atoms with Crippen molar-refractivity contribution in [3.05, 3.63) is 53.2 Å². The summed E-state index contributed by atoms with van der Waals surface area (Å²) < 4.78 is 48.8. The number of hydrogen-bond donors (Lipinski definition) is 0. The summed E-state index contributed by atoms with van der Waals surface area (Å²) in [6.45, 7) is 4.24. The van der Waals surface area contributed by atoms with Crippen LogP contribution in [0, 0.1) is 6.92 Å². The van der Waals surface area contributed by atoms with Crippen molar-refractivity contribution in [1.29, 1.82) is 0 Å². The lowest BCUT2D eigenvalue weighted by Crippen LogP contribution is -2.48. The second-order valence-corrected chi connectivity index (χ2v) is 6.98. The lowest BCUT2D eigenvalue weighted by Gasteiger charge is -2.33. The summed E-state index contributed by atoms with van der Waals surface area (Å²) in [5.41, 5.74) is -0.254. The van der Waals surface area contributed by atoms with Crippen LogP contribution in [0.3, 0.4) is 0 Å². The fourth-order valence-corrected chi connectivity index (χ4v) is 3.20. The summed E-state index contributed by atoms with van der Waals surface area (Å²) in [7, 11) is 0. The lowest BCUT2D eigenvalue weighted by molar-refractivity contribution is -0.137. The van der Waals surface area contributed by atoms with Gasteiger partial charge in [-0.15, -0.1) is 0 Å². The Kier molecular flexibility index (Phi) is 5.29. The maximum atomic E-state index is 12.9. The quantitative estimate of drug-likeness (QED) is 0.640. The smallest absolute Gasteiger partial charge is 0.361 e. The minimum atomic E-state index is -4.44. The van der Waals surface area contributed by atoms with Crippen LogP contribution in [0.2, 0.25) is 0 Å². The molecule has 0 N–H and O–H groups in total. The van der Waals surface area contributed by atoms with E-state index in [4.69, 9.17) is 9.05 Å². The maximum absolute atomic E-state index is 12.9. The molecule has 0 unspecified atom stereocenters. The molecular formula is C19H18F3N5O3. The first-order valence-electron chi connectivity index (χ1n) is 9.25. The van der Waals surface area contributed by atoms with Crippen molar-refractivity contribution in [2.75, 3.05) is 26.2 Å². The molecule has 1 saturated heterocycles. The number of nitrogens with zero attached hydrogens (tertiary/aromatic N) is 5. The van der Waals surface area contributed by atoms with Crippen LogP contribution in [0.5, 0.6) is 0 Å². The molecule has 1 aliphatic heterocycles. The molecule has 2 aromatic heterocycles. The molecule has 0 saturated carbocycles. The van der Waals surface area contributed by atoms with Gasteiger partial charge in [-0.1, -0.05) is 22.4 Å². The van der Waals surface area contributed by atoms with E-state index in [1.54, 1.807) is 17.9 Å². The van der Waals surface area contributed by atoms with Gasteiger partial charge in [0.25, 0.3) is 5.91 Å². The third-order valence-electron chi connectivity index (χ3n) is 4.78. The average Bonchev–Trinajstić information content (AvgIpc) is 3.37. The number of piperazine rings is 1. The highest BCUT2D eigenvalue weighted by molar-refractivity contribution is 5.92. The van der Waals surface area contributed by atoms with Gasteiger partial charge in [-0.2, -0.15) is 18.2 Å². The van der Waals surface area contributed by atoms with Crippen LogP contribution in [0.1, 0.15) is 27.7 Å². The van der Waals surface area contributed by atoms with E-state index in [0.29, 0.717) is 44.4 Å². The minimum Gasteiger partial charge on any atom is -0.361 e. The van der Waals surface area contributed by atoms with Gasteiger partial charge in [-0.05, 0) is 19.1 Å². The van der Waals surface area contributed by atoms with Gasteiger partial charge in [0.15, 0.2) is 5.69 Å². The van der Waals surface area contributed by atoms with Crippen molar-refractivity contribution < 1.29 is 27.0 Å². The topological polar surface area (TPSA) is 88.5 Å². The van der Waals surface area contributed by atoms with Crippen molar-refractivity contribution in [3.8, 4) is 11.4 Å². The molecule has 3 heterocycles. The zero-order valence-electron chi connectivity index (χ0n) is 16.0.